The molecule has 0 aromatic heterocycles. The maximum absolute atomic E-state index is 12.8. The summed E-state index contributed by atoms with van der Waals surface area (Å²) in [5, 5.41) is 0. The van der Waals surface area contributed by atoms with E-state index in [0.717, 1.165) is 24.9 Å². The molecule has 1 heterocycles. The van der Waals surface area contributed by atoms with Crippen LogP contribution in [-0.2, 0) is 16.0 Å². The Kier molecular flexibility index (Phi) is 4.84. The predicted molar refractivity (Wildman–Crippen MR) is 73.5 cm³/mol. The number of hydrogen-bond donors (Lipinski definition) is 1. The van der Waals surface area contributed by atoms with E-state index in [-0.39, 0.29) is 29.8 Å². The average Bonchev–Trinajstić information content (AvgIpc) is 2.41. The van der Waals surface area contributed by atoms with Gasteiger partial charge in [0.25, 0.3) is 0 Å². The Morgan fingerprint density at radius 3 is 2.65 bits per heavy atom. The third-order valence-corrected chi connectivity index (χ3v) is 3.62. The van der Waals surface area contributed by atoms with E-state index in [4.69, 9.17) is 5.73 Å². The second-order valence-corrected chi connectivity index (χ2v) is 5.32. The molecule has 1 amide bonds. The van der Waals surface area contributed by atoms with Crippen molar-refractivity contribution in [1.29, 1.82) is 0 Å². The van der Waals surface area contributed by atoms with Crippen molar-refractivity contribution in [2.45, 2.75) is 19.3 Å². The van der Waals surface area contributed by atoms with Gasteiger partial charge < -0.3 is 5.73 Å². The second-order valence-electron chi connectivity index (χ2n) is 5.32. The van der Waals surface area contributed by atoms with Crippen LogP contribution in [0.15, 0.2) is 24.3 Å². The smallest absolute Gasteiger partial charge is 0.221 e. The van der Waals surface area contributed by atoms with Gasteiger partial charge in [-0.25, -0.2) is 4.39 Å². The lowest BCUT2D eigenvalue weighted by molar-refractivity contribution is -0.125. The molecule has 1 aromatic carbocycles. The van der Waals surface area contributed by atoms with E-state index in [1.807, 2.05) is 4.90 Å². The molecule has 1 aromatic rings. The molecule has 2 rings (SSSR count). The van der Waals surface area contributed by atoms with Crippen molar-refractivity contribution >= 4 is 11.7 Å². The molecule has 108 valence electrons. The van der Waals surface area contributed by atoms with E-state index >= 15 is 0 Å². The van der Waals surface area contributed by atoms with E-state index in [1.165, 1.54) is 12.1 Å². The Balaban J connectivity index is 1.85. The number of halogens is 1. The Labute approximate surface area is 117 Å². The monoisotopic (exact) mass is 278 g/mol. The zero-order valence-electron chi connectivity index (χ0n) is 11.3. The summed E-state index contributed by atoms with van der Waals surface area (Å²) in [7, 11) is 0. The van der Waals surface area contributed by atoms with Crippen LogP contribution in [0.3, 0.4) is 0 Å². The van der Waals surface area contributed by atoms with Gasteiger partial charge in [-0.2, -0.15) is 0 Å². The lowest BCUT2D eigenvalue weighted by Gasteiger charge is -2.30. The summed E-state index contributed by atoms with van der Waals surface area (Å²) in [6.07, 6.45) is 1.98. The summed E-state index contributed by atoms with van der Waals surface area (Å²) in [5.74, 6) is -0.675. The minimum Gasteiger partial charge on any atom is -0.369 e. The number of nitrogens with zero attached hydrogens (tertiary/aromatic N) is 1. The van der Waals surface area contributed by atoms with Gasteiger partial charge in [0, 0.05) is 13.0 Å². The molecule has 4 nitrogen and oxygen atoms in total. The summed E-state index contributed by atoms with van der Waals surface area (Å²) in [6, 6.07) is 5.95. The Morgan fingerprint density at radius 2 is 2.00 bits per heavy atom. The van der Waals surface area contributed by atoms with E-state index < -0.39 is 0 Å². The summed E-state index contributed by atoms with van der Waals surface area (Å²) in [5.41, 5.74) is 6.12. The topological polar surface area (TPSA) is 63.4 Å². The number of hydrogen-bond acceptors (Lipinski definition) is 3. The van der Waals surface area contributed by atoms with Crippen LogP contribution >= 0.6 is 0 Å². The van der Waals surface area contributed by atoms with Gasteiger partial charge in [-0.3, -0.25) is 14.5 Å². The standard InChI is InChI=1S/C15H19FN2O2/c16-13-5-3-11(4-6-13)8-14(19)10-18-7-1-2-12(9-18)15(17)20/h3-6,12H,1-2,7-10H2,(H2,17,20). The van der Waals surface area contributed by atoms with Gasteiger partial charge in [-0.15, -0.1) is 0 Å². The predicted octanol–water partition coefficient (Wildman–Crippen LogP) is 1.13. The lowest BCUT2D eigenvalue weighted by atomic mass is 9.97. The number of likely N-dealkylation sites (tertiary alicyclic amines) is 1. The molecule has 1 fully saturated rings. The number of rotatable bonds is 5. The number of piperidine rings is 1. The number of primary amides is 1. The van der Waals surface area contributed by atoms with Crippen LogP contribution in [0.1, 0.15) is 18.4 Å². The first-order chi connectivity index (χ1) is 9.54. The number of nitrogens with two attached hydrogens (primary N) is 1. The van der Waals surface area contributed by atoms with Crippen molar-refractivity contribution in [3.05, 3.63) is 35.6 Å². The molecule has 0 bridgehead atoms. The average molecular weight is 278 g/mol. The van der Waals surface area contributed by atoms with Crippen LogP contribution in [0.2, 0.25) is 0 Å². The third kappa shape index (κ3) is 4.13. The van der Waals surface area contributed by atoms with Crippen molar-refractivity contribution in [2.24, 2.45) is 11.7 Å². The van der Waals surface area contributed by atoms with Crippen LogP contribution in [0.25, 0.3) is 0 Å². The SMILES string of the molecule is NC(=O)C1CCCN(CC(=O)Cc2ccc(F)cc2)C1. The number of carbonyl (C=O) groups is 2. The molecule has 0 radical (unpaired) electrons. The Hall–Kier alpha value is -1.75. The van der Waals surface area contributed by atoms with Gasteiger partial charge >= 0.3 is 0 Å². The van der Waals surface area contributed by atoms with E-state index in [0.29, 0.717) is 13.1 Å². The Bertz CT molecular complexity index is 487. The fraction of sp³-hybridized carbons (Fsp3) is 0.467. The normalized spacial score (nSPS) is 19.8. The van der Waals surface area contributed by atoms with Gasteiger partial charge in [0.05, 0.1) is 12.5 Å². The van der Waals surface area contributed by atoms with Crippen molar-refractivity contribution < 1.29 is 14.0 Å². The molecular formula is C15H19FN2O2. The molecule has 0 aliphatic carbocycles. The van der Waals surface area contributed by atoms with Crippen molar-refractivity contribution in [1.82, 2.24) is 4.90 Å². The van der Waals surface area contributed by atoms with Gasteiger partial charge in [0.15, 0.2) is 5.78 Å². The summed E-state index contributed by atoms with van der Waals surface area (Å²) < 4.78 is 12.8. The quantitative estimate of drug-likeness (QED) is 0.878. The molecule has 5 heteroatoms. The molecule has 1 atom stereocenters. The molecule has 0 saturated carbocycles. The van der Waals surface area contributed by atoms with Gasteiger partial charge in [-0.1, -0.05) is 12.1 Å². The third-order valence-electron chi connectivity index (χ3n) is 3.62. The number of benzene rings is 1. The highest BCUT2D eigenvalue weighted by atomic mass is 19.1. The van der Waals surface area contributed by atoms with E-state index in [1.54, 1.807) is 12.1 Å². The number of ketones is 1. The number of carbonyl (C=O) groups excluding carboxylic acids is 2. The minimum atomic E-state index is -0.304. The first-order valence-electron chi connectivity index (χ1n) is 6.82. The largest absolute Gasteiger partial charge is 0.369 e. The van der Waals surface area contributed by atoms with Crippen LogP contribution < -0.4 is 5.73 Å². The second kappa shape index (κ2) is 6.61. The number of amides is 1. The highest BCUT2D eigenvalue weighted by Crippen LogP contribution is 2.16. The summed E-state index contributed by atoms with van der Waals surface area (Å²) in [4.78, 5) is 25.2. The molecule has 0 spiro atoms. The molecule has 20 heavy (non-hydrogen) atoms. The van der Waals surface area contributed by atoms with Crippen molar-refractivity contribution in [3.8, 4) is 0 Å². The fourth-order valence-electron chi connectivity index (χ4n) is 2.57. The highest BCUT2D eigenvalue weighted by Gasteiger charge is 2.24. The first kappa shape index (κ1) is 14.7. The molecule has 1 saturated heterocycles. The van der Waals surface area contributed by atoms with Crippen molar-refractivity contribution in [3.63, 3.8) is 0 Å². The summed E-state index contributed by atoms with van der Waals surface area (Å²) in [6.45, 7) is 1.70. The maximum Gasteiger partial charge on any atom is 0.221 e. The maximum atomic E-state index is 12.8. The zero-order chi connectivity index (χ0) is 14.5. The van der Waals surface area contributed by atoms with Crippen LogP contribution in [-0.4, -0.2) is 36.2 Å². The van der Waals surface area contributed by atoms with Gasteiger partial charge in [0.1, 0.15) is 5.82 Å². The van der Waals surface area contributed by atoms with Crippen molar-refractivity contribution in [2.75, 3.05) is 19.6 Å². The minimum absolute atomic E-state index is 0.0710. The molecule has 2 N–H and O–H groups in total. The molecule has 1 aliphatic heterocycles. The molecule has 1 unspecified atom stereocenters. The molecular weight excluding hydrogens is 259 g/mol. The lowest BCUT2D eigenvalue weighted by Crippen LogP contribution is -2.43. The van der Waals surface area contributed by atoms with Crippen LogP contribution in [0.4, 0.5) is 4.39 Å². The Morgan fingerprint density at radius 1 is 1.30 bits per heavy atom. The van der Waals surface area contributed by atoms with Crippen LogP contribution in [0.5, 0.6) is 0 Å². The van der Waals surface area contributed by atoms with Gasteiger partial charge in [0.2, 0.25) is 5.91 Å². The zero-order valence-corrected chi connectivity index (χ0v) is 11.3. The van der Waals surface area contributed by atoms with Crippen LogP contribution in [0, 0.1) is 11.7 Å². The fourth-order valence-corrected chi connectivity index (χ4v) is 2.57. The van der Waals surface area contributed by atoms with E-state index in [2.05, 4.69) is 0 Å². The number of Topliss-reactive ketones (excluding diaryl/α,β-unsaturated/α-hetero) is 1. The van der Waals surface area contributed by atoms with Gasteiger partial charge in [-0.05, 0) is 37.1 Å². The summed E-state index contributed by atoms with van der Waals surface area (Å²) >= 11 is 0. The first-order valence-corrected chi connectivity index (χ1v) is 6.82. The van der Waals surface area contributed by atoms with E-state index in [9.17, 15) is 14.0 Å². The highest BCUT2D eigenvalue weighted by molar-refractivity contribution is 5.83. The molecule has 1 aliphatic rings.